The van der Waals surface area contributed by atoms with Crippen LogP contribution in [-0.4, -0.2) is 35.3 Å². The molecule has 0 radical (unpaired) electrons. The Morgan fingerprint density at radius 1 is 1.14 bits per heavy atom. The molecule has 0 aliphatic carbocycles. The van der Waals surface area contributed by atoms with Crippen molar-refractivity contribution in [2.45, 2.75) is 24.2 Å². The van der Waals surface area contributed by atoms with Crippen LogP contribution in [0.3, 0.4) is 0 Å². The van der Waals surface area contributed by atoms with Gasteiger partial charge in [0.2, 0.25) is 11.6 Å². The van der Waals surface area contributed by atoms with Crippen molar-refractivity contribution in [2.24, 2.45) is 0 Å². The Bertz CT molecular complexity index is 1250. The molecule has 2 heterocycles. The summed E-state index contributed by atoms with van der Waals surface area (Å²) in [5.41, 5.74) is 3.04. The molecule has 4 rings (SSSR count). The Morgan fingerprint density at radius 3 is 2.69 bits per heavy atom. The number of allylic oxidation sites excluding steroid dienone is 3. The fraction of sp³-hybridized carbons (Fsp3) is 0.182. The van der Waals surface area contributed by atoms with Crippen LogP contribution < -0.4 is 0 Å². The molecule has 1 aliphatic heterocycles. The average Bonchev–Trinajstić information content (AvgIpc) is 3.18. The van der Waals surface area contributed by atoms with E-state index in [-0.39, 0.29) is 10.3 Å². The Labute approximate surface area is 169 Å². The maximum absolute atomic E-state index is 11.3. The van der Waals surface area contributed by atoms with Crippen LogP contribution in [0.15, 0.2) is 70.0 Å². The number of benzene rings is 2. The van der Waals surface area contributed by atoms with E-state index < -0.39 is 10.1 Å². The molecule has 0 bridgehead atoms. The zero-order valence-electron chi connectivity index (χ0n) is 16.1. The molecule has 1 aliphatic rings. The van der Waals surface area contributed by atoms with Gasteiger partial charge in [0, 0.05) is 23.8 Å². The predicted molar refractivity (Wildman–Crippen MR) is 110 cm³/mol. The Kier molecular flexibility index (Phi) is 4.72. The zero-order chi connectivity index (χ0) is 20.6. The van der Waals surface area contributed by atoms with Crippen molar-refractivity contribution in [3.63, 3.8) is 0 Å². The second-order valence-electron chi connectivity index (χ2n) is 7.56. The number of aromatic nitrogens is 1. The van der Waals surface area contributed by atoms with Crippen LogP contribution in [0.25, 0.3) is 17.2 Å². The van der Waals surface area contributed by atoms with Crippen LogP contribution in [-0.2, 0) is 15.5 Å². The molecule has 29 heavy (non-hydrogen) atoms. The van der Waals surface area contributed by atoms with E-state index in [9.17, 15) is 13.0 Å². The van der Waals surface area contributed by atoms with E-state index in [4.69, 9.17) is 4.42 Å². The highest BCUT2D eigenvalue weighted by Crippen LogP contribution is 2.40. The van der Waals surface area contributed by atoms with Crippen LogP contribution in [0.5, 0.6) is 0 Å². The van der Waals surface area contributed by atoms with Gasteiger partial charge in [-0.1, -0.05) is 24.3 Å². The number of fused-ring (bicyclic) bond motifs is 2. The molecule has 0 spiro atoms. The maximum Gasteiger partial charge on any atom is 0.219 e. The molecule has 0 unspecified atom stereocenters. The molecule has 0 amide bonds. The lowest BCUT2D eigenvalue weighted by Gasteiger charge is -2.14. The normalized spacial score (nSPS) is 17.7. The molecular formula is C22H20N2O4S. The second-order valence-corrected chi connectivity index (χ2v) is 8.94. The second kappa shape index (κ2) is 7.09. The molecular weight excluding hydrogens is 388 g/mol. The molecule has 6 nitrogen and oxygen atoms in total. The topological polar surface area (TPSA) is 86.2 Å². The highest BCUT2D eigenvalue weighted by Gasteiger charge is 2.40. The number of oxazole rings is 1. The minimum atomic E-state index is -4.47. The lowest BCUT2D eigenvalue weighted by atomic mass is 9.87. The first kappa shape index (κ1) is 19.3. The maximum atomic E-state index is 11.3. The Hall–Kier alpha value is -3.03. The molecule has 3 aromatic rings. The van der Waals surface area contributed by atoms with Gasteiger partial charge in [-0.05, 0) is 38.1 Å². The summed E-state index contributed by atoms with van der Waals surface area (Å²) < 4.78 is 41.7. The van der Waals surface area contributed by atoms with Gasteiger partial charge in [0.05, 0.1) is 10.3 Å². The van der Waals surface area contributed by atoms with Crippen molar-refractivity contribution in [3.8, 4) is 0 Å². The van der Waals surface area contributed by atoms with Crippen molar-refractivity contribution >= 4 is 39.2 Å². The van der Waals surface area contributed by atoms with Gasteiger partial charge >= 0.3 is 0 Å². The largest absolute Gasteiger partial charge is 0.744 e. The molecule has 0 saturated carbocycles. The number of rotatable bonds is 4. The van der Waals surface area contributed by atoms with Gasteiger partial charge in [-0.15, -0.1) is 0 Å². The van der Waals surface area contributed by atoms with Crippen molar-refractivity contribution in [1.29, 1.82) is 0 Å². The minimum absolute atomic E-state index is 0.192. The first-order valence-corrected chi connectivity index (χ1v) is 10.6. The van der Waals surface area contributed by atoms with Crippen molar-refractivity contribution < 1.29 is 22.0 Å². The zero-order valence-corrected chi connectivity index (χ0v) is 16.9. The lowest BCUT2D eigenvalue weighted by molar-refractivity contribution is -0.431. The number of para-hydroxylation sites is 2. The summed E-state index contributed by atoms with van der Waals surface area (Å²) >= 11 is 0. The summed E-state index contributed by atoms with van der Waals surface area (Å²) in [5, 5.41) is 0. The van der Waals surface area contributed by atoms with Crippen LogP contribution in [0.1, 0.15) is 25.3 Å². The lowest BCUT2D eigenvalue weighted by Crippen LogP contribution is -2.20. The van der Waals surface area contributed by atoms with Crippen LogP contribution in [0.2, 0.25) is 0 Å². The molecule has 2 aromatic carbocycles. The van der Waals surface area contributed by atoms with Crippen LogP contribution in [0, 0.1) is 0 Å². The highest BCUT2D eigenvalue weighted by atomic mass is 32.2. The van der Waals surface area contributed by atoms with Crippen LogP contribution >= 0.6 is 0 Å². The highest BCUT2D eigenvalue weighted by molar-refractivity contribution is 7.85. The van der Waals surface area contributed by atoms with E-state index in [1.807, 2.05) is 67.1 Å². The van der Waals surface area contributed by atoms with Crippen LogP contribution in [0.4, 0.5) is 5.69 Å². The molecule has 0 N–H and O–H groups in total. The van der Waals surface area contributed by atoms with E-state index in [1.165, 1.54) is 12.1 Å². The summed E-state index contributed by atoms with van der Waals surface area (Å²) in [5.74, 6) is 0.537. The molecule has 0 fully saturated rings. The SMILES string of the molecule is CC1(C)C[N+](=C/C=C/C=C/c2nc3ccccc3o2)c2ccc(S(=O)(=O)[O-])cc21. The predicted octanol–water partition coefficient (Wildman–Crippen LogP) is 4.01. The van der Waals surface area contributed by atoms with E-state index in [1.54, 1.807) is 12.1 Å². The minimum Gasteiger partial charge on any atom is -0.744 e. The van der Waals surface area contributed by atoms with E-state index in [0.29, 0.717) is 12.4 Å². The fourth-order valence-electron chi connectivity index (χ4n) is 3.51. The smallest absolute Gasteiger partial charge is 0.219 e. The molecule has 1 aromatic heterocycles. The summed E-state index contributed by atoms with van der Waals surface area (Å²) in [6.07, 6.45) is 9.32. The third-order valence-electron chi connectivity index (χ3n) is 4.90. The van der Waals surface area contributed by atoms with Gasteiger partial charge < -0.3 is 8.97 Å². The van der Waals surface area contributed by atoms with E-state index in [0.717, 1.165) is 22.4 Å². The van der Waals surface area contributed by atoms with Gasteiger partial charge in [0.15, 0.2) is 18.3 Å². The van der Waals surface area contributed by atoms with Gasteiger partial charge in [-0.2, -0.15) is 4.58 Å². The van der Waals surface area contributed by atoms with Gasteiger partial charge in [0.25, 0.3) is 0 Å². The molecule has 148 valence electrons. The monoisotopic (exact) mass is 408 g/mol. The number of hydrogen-bond donors (Lipinski definition) is 0. The summed E-state index contributed by atoms with van der Waals surface area (Å²) in [4.78, 5) is 4.19. The third kappa shape index (κ3) is 3.92. The van der Waals surface area contributed by atoms with Crippen molar-refractivity contribution in [3.05, 3.63) is 72.1 Å². The van der Waals surface area contributed by atoms with Crippen molar-refractivity contribution in [2.75, 3.05) is 6.54 Å². The van der Waals surface area contributed by atoms with E-state index in [2.05, 4.69) is 4.98 Å². The first-order chi connectivity index (χ1) is 13.7. The Morgan fingerprint density at radius 2 is 1.93 bits per heavy atom. The quantitative estimate of drug-likeness (QED) is 0.370. The molecule has 7 heteroatoms. The average molecular weight is 408 g/mol. The summed E-state index contributed by atoms with van der Waals surface area (Å²) in [6, 6.07) is 12.1. The Balaban J connectivity index is 1.55. The first-order valence-electron chi connectivity index (χ1n) is 9.15. The molecule has 0 atom stereocenters. The summed E-state index contributed by atoms with van der Waals surface area (Å²) in [7, 11) is -4.47. The summed E-state index contributed by atoms with van der Waals surface area (Å²) in [6.45, 7) is 4.74. The third-order valence-corrected chi connectivity index (χ3v) is 5.73. The molecule has 0 saturated heterocycles. The van der Waals surface area contributed by atoms with Gasteiger partial charge in [-0.25, -0.2) is 13.4 Å². The van der Waals surface area contributed by atoms with Gasteiger partial charge in [0.1, 0.15) is 15.6 Å². The van der Waals surface area contributed by atoms with Crippen molar-refractivity contribution in [1.82, 2.24) is 4.98 Å². The number of nitrogens with zero attached hydrogens (tertiary/aromatic N) is 2. The van der Waals surface area contributed by atoms with Gasteiger partial charge in [-0.3, -0.25) is 0 Å². The fourth-order valence-corrected chi connectivity index (χ4v) is 4.01. The standard InChI is InChI=1S/C22H20N2O4S/c1-22(2)15-24(19-12-11-16(14-17(19)22)29(25,26)27)13-7-3-4-10-21-23-18-8-5-6-9-20(18)28-21/h3-14H,15H2,1-2H3/b7-3+,10-4+,24-13?. The van der Waals surface area contributed by atoms with E-state index >= 15 is 0 Å². The number of hydrogen-bond acceptors (Lipinski definition) is 5.